The van der Waals surface area contributed by atoms with E-state index in [1.165, 1.54) is 12.8 Å². The summed E-state index contributed by atoms with van der Waals surface area (Å²) in [6.07, 6.45) is 2.43. The van der Waals surface area contributed by atoms with Gasteiger partial charge in [0.05, 0.1) is 5.41 Å². The van der Waals surface area contributed by atoms with E-state index in [-0.39, 0.29) is 5.41 Å². The maximum atomic E-state index is 12.6. The van der Waals surface area contributed by atoms with E-state index in [4.69, 9.17) is 0 Å². The maximum Gasteiger partial charge on any atom is 0.229 e. The second-order valence-electron chi connectivity index (χ2n) is 6.15. The third-order valence-corrected chi connectivity index (χ3v) is 3.88. The number of piperazine rings is 1. The Morgan fingerprint density at radius 1 is 1.26 bits per heavy atom. The summed E-state index contributed by atoms with van der Waals surface area (Å²) in [6.45, 7) is 15.1. The molecular weight excluding hydrogens is 238 g/mol. The van der Waals surface area contributed by atoms with E-state index >= 15 is 0 Å². The van der Waals surface area contributed by atoms with Crippen LogP contribution in [0, 0.1) is 5.41 Å². The first-order chi connectivity index (χ1) is 9.01. The Bertz CT molecular complexity index is 273. The molecule has 0 aromatic carbocycles. The lowest BCUT2D eigenvalue weighted by Gasteiger charge is -2.37. The molecule has 112 valence electrons. The zero-order valence-corrected chi connectivity index (χ0v) is 13.2. The second kappa shape index (κ2) is 7.85. The van der Waals surface area contributed by atoms with Crippen molar-refractivity contribution < 1.29 is 4.79 Å². The number of amides is 1. The molecule has 0 radical (unpaired) electrons. The fourth-order valence-electron chi connectivity index (χ4n) is 2.65. The maximum absolute atomic E-state index is 12.6. The lowest BCUT2D eigenvalue weighted by molar-refractivity contribution is -0.142. The van der Waals surface area contributed by atoms with E-state index in [1.807, 2.05) is 4.90 Å². The van der Waals surface area contributed by atoms with Crippen molar-refractivity contribution in [2.45, 2.75) is 40.5 Å². The van der Waals surface area contributed by atoms with E-state index in [0.717, 1.165) is 45.8 Å². The van der Waals surface area contributed by atoms with Crippen LogP contribution in [-0.2, 0) is 4.79 Å². The Labute approximate surface area is 118 Å². The van der Waals surface area contributed by atoms with Gasteiger partial charge in [-0.2, -0.15) is 0 Å². The molecule has 19 heavy (non-hydrogen) atoms. The van der Waals surface area contributed by atoms with E-state index < -0.39 is 0 Å². The molecule has 1 saturated heterocycles. The summed E-state index contributed by atoms with van der Waals surface area (Å²) in [5.74, 6) is 0.309. The van der Waals surface area contributed by atoms with Gasteiger partial charge in [0.1, 0.15) is 0 Å². The molecule has 0 atom stereocenters. The SMILES string of the molecule is CCCCN(CC)CC(C)(C)C(=O)N1CCNCC1. The van der Waals surface area contributed by atoms with Crippen LogP contribution in [0.1, 0.15) is 40.5 Å². The number of unbranched alkanes of at least 4 members (excludes halogenated alkanes) is 1. The van der Waals surface area contributed by atoms with Gasteiger partial charge in [-0.3, -0.25) is 4.79 Å². The molecule has 0 aromatic rings. The highest BCUT2D eigenvalue weighted by atomic mass is 16.2. The summed E-state index contributed by atoms with van der Waals surface area (Å²) in [4.78, 5) is 17.0. The molecule has 1 N–H and O–H groups in total. The van der Waals surface area contributed by atoms with Crippen LogP contribution in [0.2, 0.25) is 0 Å². The quantitative estimate of drug-likeness (QED) is 0.762. The Hall–Kier alpha value is -0.610. The van der Waals surface area contributed by atoms with Crippen molar-refractivity contribution in [2.75, 3.05) is 45.8 Å². The van der Waals surface area contributed by atoms with Crippen LogP contribution < -0.4 is 5.32 Å². The first kappa shape index (κ1) is 16.4. The Balaban J connectivity index is 2.54. The molecule has 0 bridgehead atoms. The summed E-state index contributed by atoms with van der Waals surface area (Å²) in [7, 11) is 0. The van der Waals surface area contributed by atoms with Crippen molar-refractivity contribution >= 4 is 5.91 Å². The molecule has 0 aromatic heterocycles. The van der Waals surface area contributed by atoms with Gasteiger partial charge >= 0.3 is 0 Å². The van der Waals surface area contributed by atoms with Crippen LogP contribution in [-0.4, -0.2) is 61.5 Å². The Kier molecular flexibility index (Phi) is 6.80. The highest BCUT2D eigenvalue weighted by molar-refractivity contribution is 5.82. The number of nitrogens with one attached hydrogen (secondary N) is 1. The van der Waals surface area contributed by atoms with Crippen LogP contribution in [0.5, 0.6) is 0 Å². The summed E-state index contributed by atoms with van der Waals surface area (Å²) in [5, 5.41) is 3.30. The van der Waals surface area contributed by atoms with Crippen LogP contribution >= 0.6 is 0 Å². The summed E-state index contributed by atoms with van der Waals surface area (Å²) in [5.41, 5.74) is -0.277. The number of nitrogens with zero attached hydrogens (tertiary/aromatic N) is 2. The highest BCUT2D eigenvalue weighted by Gasteiger charge is 2.33. The average Bonchev–Trinajstić information content (AvgIpc) is 2.43. The molecule has 4 heteroatoms. The van der Waals surface area contributed by atoms with Crippen molar-refractivity contribution in [1.82, 2.24) is 15.1 Å². The van der Waals surface area contributed by atoms with Gasteiger partial charge in [0, 0.05) is 32.7 Å². The third kappa shape index (κ3) is 5.11. The molecular formula is C15H31N3O. The number of hydrogen-bond donors (Lipinski definition) is 1. The highest BCUT2D eigenvalue weighted by Crippen LogP contribution is 2.21. The van der Waals surface area contributed by atoms with Gasteiger partial charge in [-0.15, -0.1) is 0 Å². The molecule has 0 saturated carbocycles. The van der Waals surface area contributed by atoms with E-state index in [1.54, 1.807) is 0 Å². The van der Waals surface area contributed by atoms with Crippen LogP contribution in [0.25, 0.3) is 0 Å². The van der Waals surface area contributed by atoms with E-state index in [2.05, 4.69) is 37.9 Å². The van der Waals surface area contributed by atoms with Crippen molar-refractivity contribution in [3.63, 3.8) is 0 Å². The van der Waals surface area contributed by atoms with Crippen molar-refractivity contribution in [2.24, 2.45) is 5.41 Å². The van der Waals surface area contributed by atoms with Gasteiger partial charge in [-0.1, -0.05) is 20.3 Å². The van der Waals surface area contributed by atoms with Gasteiger partial charge in [0.15, 0.2) is 0 Å². The zero-order chi connectivity index (χ0) is 14.3. The summed E-state index contributed by atoms with van der Waals surface area (Å²) < 4.78 is 0. The first-order valence-corrected chi connectivity index (χ1v) is 7.73. The van der Waals surface area contributed by atoms with Crippen molar-refractivity contribution in [1.29, 1.82) is 0 Å². The number of rotatable bonds is 7. The smallest absolute Gasteiger partial charge is 0.229 e. The second-order valence-corrected chi connectivity index (χ2v) is 6.15. The number of hydrogen-bond acceptors (Lipinski definition) is 3. The van der Waals surface area contributed by atoms with E-state index in [0.29, 0.717) is 5.91 Å². The minimum atomic E-state index is -0.277. The van der Waals surface area contributed by atoms with Crippen molar-refractivity contribution in [3.8, 4) is 0 Å². The lowest BCUT2D eigenvalue weighted by Crippen LogP contribution is -2.53. The monoisotopic (exact) mass is 269 g/mol. The predicted octanol–water partition coefficient (Wildman–Crippen LogP) is 1.57. The molecule has 4 nitrogen and oxygen atoms in total. The van der Waals surface area contributed by atoms with E-state index in [9.17, 15) is 4.79 Å². The van der Waals surface area contributed by atoms with Crippen molar-refractivity contribution in [3.05, 3.63) is 0 Å². The summed E-state index contributed by atoms with van der Waals surface area (Å²) >= 11 is 0. The molecule has 0 aliphatic carbocycles. The molecule has 0 unspecified atom stereocenters. The Morgan fingerprint density at radius 2 is 1.89 bits per heavy atom. The van der Waals surface area contributed by atoms with Crippen LogP contribution in [0.3, 0.4) is 0 Å². The molecule has 1 heterocycles. The molecule has 1 rings (SSSR count). The summed E-state index contributed by atoms with van der Waals surface area (Å²) in [6, 6.07) is 0. The zero-order valence-electron chi connectivity index (χ0n) is 13.2. The third-order valence-electron chi connectivity index (χ3n) is 3.88. The standard InChI is InChI=1S/C15H31N3O/c1-5-7-10-17(6-2)13-15(3,4)14(19)18-11-8-16-9-12-18/h16H,5-13H2,1-4H3. The van der Waals surface area contributed by atoms with Gasteiger partial charge in [0.2, 0.25) is 5.91 Å². The van der Waals surface area contributed by atoms with Gasteiger partial charge in [-0.25, -0.2) is 0 Å². The molecule has 1 amide bonds. The van der Waals surface area contributed by atoms with Gasteiger partial charge in [-0.05, 0) is 33.4 Å². The molecule has 1 fully saturated rings. The fourth-order valence-corrected chi connectivity index (χ4v) is 2.65. The van der Waals surface area contributed by atoms with Crippen LogP contribution in [0.4, 0.5) is 0 Å². The largest absolute Gasteiger partial charge is 0.340 e. The minimum Gasteiger partial charge on any atom is -0.340 e. The van der Waals surface area contributed by atoms with Gasteiger partial charge < -0.3 is 15.1 Å². The van der Waals surface area contributed by atoms with Gasteiger partial charge in [0.25, 0.3) is 0 Å². The number of carbonyl (C=O) groups is 1. The Morgan fingerprint density at radius 3 is 2.42 bits per heavy atom. The fraction of sp³-hybridized carbons (Fsp3) is 0.933. The van der Waals surface area contributed by atoms with Crippen LogP contribution in [0.15, 0.2) is 0 Å². The molecule has 0 spiro atoms. The molecule has 1 aliphatic rings. The predicted molar refractivity (Wildman–Crippen MR) is 80.3 cm³/mol. The average molecular weight is 269 g/mol. The lowest BCUT2D eigenvalue weighted by atomic mass is 9.90. The minimum absolute atomic E-state index is 0.277. The molecule has 1 aliphatic heterocycles. The first-order valence-electron chi connectivity index (χ1n) is 7.73. The number of carbonyl (C=O) groups excluding carboxylic acids is 1. The topological polar surface area (TPSA) is 35.6 Å². The normalized spacial score (nSPS) is 17.0.